The zero-order valence-electron chi connectivity index (χ0n) is 14.2. The number of aromatic amines is 1. The van der Waals surface area contributed by atoms with Crippen molar-refractivity contribution >= 4 is 5.91 Å². The summed E-state index contributed by atoms with van der Waals surface area (Å²) < 4.78 is 11.1. The Morgan fingerprint density at radius 3 is 3.08 bits per heavy atom. The van der Waals surface area contributed by atoms with Gasteiger partial charge in [0, 0.05) is 20.1 Å². The van der Waals surface area contributed by atoms with E-state index in [1.165, 1.54) is 0 Å². The van der Waals surface area contributed by atoms with Crippen LogP contribution in [0, 0.1) is 6.92 Å². The largest absolute Gasteiger partial charge is 0.467 e. The number of nitrogens with one attached hydrogen (secondary N) is 1. The van der Waals surface area contributed by atoms with E-state index in [2.05, 4.69) is 20.1 Å². The molecule has 0 unspecified atom stereocenters. The number of carbonyl (C=O) groups excluding carboxylic acids is 1. The molecule has 2 aromatic heterocycles. The number of H-pyrrole nitrogens is 1. The van der Waals surface area contributed by atoms with Crippen molar-refractivity contribution in [3.63, 3.8) is 0 Å². The van der Waals surface area contributed by atoms with E-state index in [0.29, 0.717) is 32.1 Å². The molecule has 8 heteroatoms. The van der Waals surface area contributed by atoms with E-state index in [-0.39, 0.29) is 18.1 Å². The maximum atomic E-state index is 12.7. The third kappa shape index (κ3) is 3.65. The van der Waals surface area contributed by atoms with E-state index >= 15 is 0 Å². The van der Waals surface area contributed by atoms with Crippen molar-refractivity contribution in [3.05, 3.63) is 35.8 Å². The van der Waals surface area contributed by atoms with Gasteiger partial charge in [-0.1, -0.05) is 0 Å². The van der Waals surface area contributed by atoms with Crippen molar-refractivity contribution in [1.82, 2.24) is 25.0 Å². The lowest BCUT2D eigenvalue weighted by Crippen LogP contribution is -2.50. The third-order valence-electron chi connectivity index (χ3n) is 4.25. The lowest BCUT2D eigenvalue weighted by molar-refractivity contribution is -0.139. The zero-order chi connectivity index (χ0) is 17.1. The van der Waals surface area contributed by atoms with Crippen molar-refractivity contribution in [3.8, 4) is 0 Å². The molecule has 0 radical (unpaired) electrons. The van der Waals surface area contributed by atoms with Gasteiger partial charge in [-0.25, -0.2) is 4.98 Å². The molecule has 1 amide bonds. The number of hydrogen-bond donors (Lipinski definition) is 1. The Hall–Kier alpha value is -2.19. The average Bonchev–Trinajstić information content (AvgIpc) is 3.25. The standard InChI is InChI=1S/C16H23N5O3/c1-11(16(22)20(3)9-13-5-4-7-23-13)21-6-8-24-14(10-21)15-17-12(2)18-19-15/h4-5,7,11,14H,6,8-10H2,1-3H3,(H,17,18,19)/t11-,14-/m1/s1. The number of furan rings is 1. The molecule has 0 aromatic carbocycles. The van der Waals surface area contributed by atoms with Crippen LogP contribution in [0.3, 0.4) is 0 Å². The summed E-state index contributed by atoms with van der Waals surface area (Å²) in [7, 11) is 1.79. The van der Waals surface area contributed by atoms with Gasteiger partial charge in [0.2, 0.25) is 5.91 Å². The minimum Gasteiger partial charge on any atom is -0.467 e. The summed E-state index contributed by atoms with van der Waals surface area (Å²) in [6, 6.07) is 3.45. The quantitative estimate of drug-likeness (QED) is 0.882. The van der Waals surface area contributed by atoms with Gasteiger partial charge in [0.15, 0.2) is 5.82 Å². The lowest BCUT2D eigenvalue weighted by atomic mass is 10.2. The number of likely N-dealkylation sites (N-methyl/N-ethyl adjacent to an activating group) is 1. The highest BCUT2D eigenvalue weighted by Gasteiger charge is 2.31. The predicted molar refractivity (Wildman–Crippen MR) is 86.0 cm³/mol. The van der Waals surface area contributed by atoms with E-state index in [1.54, 1.807) is 18.2 Å². The van der Waals surface area contributed by atoms with Gasteiger partial charge in [0.25, 0.3) is 0 Å². The molecule has 2 aromatic rings. The number of aryl methyl sites for hydroxylation is 1. The molecule has 3 rings (SSSR count). The Morgan fingerprint density at radius 2 is 2.42 bits per heavy atom. The second-order valence-electron chi connectivity index (χ2n) is 6.08. The summed E-state index contributed by atoms with van der Waals surface area (Å²) >= 11 is 0. The molecule has 1 N–H and O–H groups in total. The number of nitrogens with zero attached hydrogens (tertiary/aromatic N) is 4. The first-order valence-electron chi connectivity index (χ1n) is 8.06. The van der Waals surface area contributed by atoms with Crippen LogP contribution in [0.25, 0.3) is 0 Å². The number of hydrogen-bond acceptors (Lipinski definition) is 6. The van der Waals surface area contributed by atoms with Crippen LogP contribution in [0.15, 0.2) is 22.8 Å². The van der Waals surface area contributed by atoms with Gasteiger partial charge in [-0.15, -0.1) is 0 Å². The number of carbonyl (C=O) groups is 1. The second-order valence-corrected chi connectivity index (χ2v) is 6.08. The molecule has 1 aliphatic rings. The number of ether oxygens (including phenoxy) is 1. The Kier molecular flexibility index (Phi) is 4.96. The van der Waals surface area contributed by atoms with Crippen molar-refractivity contribution in [2.75, 3.05) is 26.7 Å². The van der Waals surface area contributed by atoms with Gasteiger partial charge in [-0.2, -0.15) is 5.10 Å². The van der Waals surface area contributed by atoms with Crippen LogP contribution in [0.2, 0.25) is 0 Å². The van der Waals surface area contributed by atoms with Gasteiger partial charge in [0.1, 0.15) is 17.7 Å². The van der Waals surface area contributed by atoms with Crippen molar-refractivity contribution in [2.24, 2.45) is 0 Å². The smallest absolute Gasteiger partial charge is 0.239 e. The van der Waals surface area contributed by atoms with Gasteiger partial charge in [0.05, 0.1) is 25.5 Å². The number of aromatic nitrogens is 3. The average molecular weight is 333 g/mol. The maximum Gasteiger partial charge on any atom is 0.239 e. The molecule has 130 valence electrons. The Labute approximate surface area is 140 Å². The van der Waals surface area contributed by atoms with Crippen molar-refractivity contribution in [1.29, 1.82) is 0 Å². The Balaban J connectivity index is 1.61. The first-order chi connectivity index (χ1) is 11.5. The van der Waals surface area contributed by atoms with Crippen molar-refractivity contribution < 1.29 is 13.9 Å². The molecule has 1 fully saturated rings. The van der Waals surface area contributed by atoms with Crippen LogP contribution >= 0.6 is 0 Å². The lowest BCUT2D eigenvalue weighted by Gasteiger charge is -2.36. The summed E-state index contributed by atoms with van der Waals surface area (Å²) in [6.07, 6.45) is 1.40. The molecule has 0 aliphatic carbocycles. The molecule has 1 aliphatic heterocycles. The highest BCUT2D eigenvalue weighted by atomic mass is 16.5. The molecule has 0 saturated carbocycles. The van der Waals surface area contributed by atoms with E-state index in [9.17, 15) is 4.79 Å². The summed E-state index contributed by atoms with van der Waals surface area (Å²) in [5.41, 5.74) is 0. The molecule has 8 nitrogen and oxygen atoms in total. The fraction of sp³-hybridized carbons (Fsp3) is 0.562. The molecule has 1 saturated heterocycles. The maximum absolute atomic E-state index is 12.7. The normalized spacial score (nSPS) is 20.0. The van der Waals surface area contributed by atoms with Crippen molar-refractivity contribution in [2.45, 2.75) is 32.5 Å². The van der Waals surface area contributed by atoms with Gasteiger partial charge in [-0.3, -0.25) is 14.8 Å². The number of morpholine rings is 1. The molecule has 0 spiro atoms. The van der Waals surface area contributed by atoms with E-state index < -0.39 is 0 Å². The van der Waals surface area contributed by atoms with E-state index in [1.807, 2.05) is 26.0 Å². The monoisotopic (exact) mass is 333 g/mol. The fourth-order valence-electron chi connectivity index (χ4n) is 2.87. The minimum atomic E-state index is -0.239. The van der Waals surface area contributed by atoms with Gasteiger partial charge in [-0.05, 0) is 26.0 Å². The predicted octanol–water partition coefficient (Wildman–Crippen LogP) is 1.13. The van der Waals surface area contributed by atoms with Crippen LogP contribution in [0.4, 0.5) is 0 Å². The molecular formula is C16H23N5O3. The summed E-state index contributed by atoms with van der Waals surface area (Å²) in [5.74, 6) is 2.22. The van der Waals surface area contributed by atoms with E-state index in [0.717, 1.165) is 11.6 Å². The fourth-order valence-corrected chi connectivity index (χ4v) is 2.87. The van der Waals surface area contributed by atoms with Crippen LogP contribution in [0.1, 0.15) is 30.4 Å². The molecule has 2 atom stereocenters. The van der Waals surface area contributed by atoms with Crippen LogP contribution in [0.5, 0.6) is 0 Å². The van der Waals surface area contributed by atoms with Crippen LogP contribution < -0.4 is 0 Å². The SMILES string of the molecule is Cc1nc([C@H]2CN([C@H](C)C(=O)N(C)Cc3ccco3)CCO2)n[nH]1. The Morgan fingerprint density at radius 1 is 1.58 bits per heavy atom. The molecule has 3 heterocycles. The highest BCUT2D eigenvalue weighted by Crippen LogP contribution is 2.21. The zero-order valence-corrected chi connectivity index (χ0v) is 14.2. The number of amides is 1. The van der Waals surface area contributed by atoms with Crippen LogP contribution in [-0.2, 0) is 16.1 Å². The number of rotatable bonds is 5. The summed E-state index contributed by atoms with van der Waals surface area (Å²) in [4.78, 5) is 20.8. The van der Waals surface area contributed by atoms with Crippen LogP contribution in [-0.4, -0.2) is 63.7 Å². The second kappa shape index (κ2) is 7.14. The third-order valence-corrected chi connectivity index (χ3v) is 4.25. The molecule has 0 bridgehead atoms. The minimum absolute atomic E-state index is 0.0539. The Bertz CT molecular complexity index is 669. The topological polar surface area (TPSA) is 87.5 Å². The van der Waals surface area contributed by atoms with E-state index in [4.69, 9.17) is 9.15 Å². The van der Waals surface area contributed by atoms with Gasteiger partial charge >= 0.3 is 0 Å². The first-order valence-corrected chi connectivity index (χ1v) is 8.06. The summed E-state index contributed by atoms with van der Waals surface area (Å²) in [5, 5.41) is 7.00. The van der Waals surface area contributed by atoms with Gasteiger partial charge < -0.3 is 14.1 Å². The highest BCUT2D eigenvalue weighted by molar-refractivity contribution is 5.81. The molecule has 24 heavy (non-hydrogen) atoms. The summed E-state index contributed by atoms with van der Waals surface area (Å²) in [6.45, 7) is 6.10. The first kappa shape index (κ1) is 16.7. The molecular weight excluding hydrogens is 310 g/mol.